The van der Waals surface area contributed by atoms with E-state index in [2.05, 4.69) is 40.0 Å². The van der Waals surface area contributed by atoms with Crippen LogP contribution in [0.15, 0.2) is 36.5 Å². The molecule has 25 heavy (non-hydrogen) atoms. The van der Waals surface area contributed by atoms with E-state index in [9.17, 15) is 4.79 Å². The molecule has 0 saturated carbocycles. The van der Waals surface area contributed by atoms with Crippen LogP contribution in [0.1, 0.15) is 25.1 Å². The second-order valence-electron chi connectivity index (χ2n) is 6.53. The smallest absolute Gasteiger partial charge is 0.238 e. The van der Waals surface area contributed by atoms with E-state index in [0.29, 0.717) is 25.5 Å². The number of hydrogen-bond acceptors (Lipinski definition) is 4. The minimum Gasteiger partial charge on any atom is -0.490 e. The number of aromatic nitrogens is 1. The normalized spacial score (nSPS) is 19.8. The van der Waals surface area contributed by atoms with E-state index < -0.39 is 0 Å². The van der Waals surface area contributed by atoms with Gasteiger partial charge in [0.25, 0.3) is 0 Å². The van der Waals surface area contributed by atoms with E-state index in [1.165, 1.54) is 5.69 Å². The summed E-state index contributed by atoms with van der Waals surface area (Å²) in [6, 6.07) is 9.97. The SMILES string of the molecule is C[C@@H]1c2cccn2CCN1CC(=O)Nc1ccc2c(c1)OCCCO2. The van der Waals surface area contributed by atoms with Crippen molar-refractivity contribution in [3.05, 3.63) is 42.2 Å². The van der Waals surface area contributed by atoms with Gasteiger partial charge in [-0.15, -0.1) is 0 Å². The van der Waals surface area contributed by atoms with Crippen LogP contribution in [0.2, 0.25) is 0 Å². The van der Waals surface area contributed by atoms with Crippen molar-refractivity contribution in [2.75, 3.05) is 31.6 Å². The molecule has 132 valence electrons. The molecule has 1 aromatic carbocycles. The lowest BCUT2D eigenvalue weighted by molar-refractivity contribution is -0.118. The van der Waals surface area contributed by atoms with Crippen molar-refractivity contribution in [3.8, 4) is 11.5 Å². The minimum atomic E-state index is -0.0126. The number of carbonyl (C=O) groups excluding carboxylic acids is 1. The molecule has 2 aliphatic rings. The first-order valence-corrected chi connectivity index (χ1v) is 8.79. The second kappa shape index (κ2) is 6.80. The predicted molar refractivity (Wildman–Crippen MR) is 95.1 cm³/mol. The Bertz CT molecular complexity index is 771. The summed E-state index contributed by atoms with van der Waals surface area (Å²) >= 11 is 0. The van der Waals surface area contributed by atoms with E-state index >= 15 is 0 Å². The lowest BCUT2D eigenvalue weighted by Gasteiger charge is -2.34. The number of rotatable bonds is 3. The fourth-order valence-electron chi connectivity index (χ4n) is 3.47. The minimum absolute atomic E-state index is 0.0126. The van der Waals surface area contributed by atoms with Crippen LogP contribution in [0.3, 0.4) is 0 Å². The average Bonchev–Trinajstić information content (AvgIpc) is 2.96. The van der Waals surface area contributed by atoms with Crippen LogP contribution in [0.4, 0.5) is 5.69 Å². The molecule has 0 saturated heterocycles. The average molecular weight is 341 g/mol. The third-order valence-electron chi connectivity index (χ3n) is 4.85. The number of nitrogens with zero attached hydrogens (tertiary/aromatic N) is 2. The van der Waals surface area contributed by atoms with Crippen LogP contribution in [0.5, 0.6) is 11.5 Å². The van der Waals surface area contributed by atoms with Gasteiger partial charge in [-0.05, 0) is 31.2 Å². The Kier molecular flexibility index (Phi) is 4.36. The van der Waals surface area contributed by atoms with Gasteiger partial charge in [-0.3, -0.25) is 9.69 Å². The first kappa shape index (κ1) is 16.0. The fraction of sp³-hybridized carbons (Fsp3) is 0.421. The van der Waals surface area contributed by atoms with Gasteiger partial charge in [0.1, 0.15) is 0 Å². The van der Waals surface area contributed by atoms with Crippen LogP contribution in [-0.4, -0.2) is 41.7 Å². The largest absolute Gasteiger partial charge is 0.490 e. The van der Waals surface area contributed by atoms with Crippen LogP contribution in [0, 0.1) is 0 Å². The summed E-state index contributed by atoms with van der Waals surface area (Å²) in [4.78, 5) is 14.7. The topological polar surface area (TPSA) is 55.7 Å². The maximum Gasteiger partial charge on any atom is 0.238 e. The van der Waals surface area contributed by atoms with E-state index in [1.54, 1.807) is 0 Å². The molecule has 0 unspecified atom stereocenters. The summed E-state index contributed by atoms with van der Waals surface area (Å²) in [6.45, 7) is 5.61. The molecule has 2 aromatic rings. The summed E-state index contributed by atoms with van der Waals surface area (Å²) < 4.78 is 13.6. The molecule has 0 spiro atoms. The van der Waals surface area contributed by atoms with Crippen molar-refractivity contribution in [3.63, 3.8) is 0 Å². The van der Waals surface area contributed by atoms with Crippen molar-refractivity contribution >= 4 is 11.6 Å². The van der Waals surface area contributed by atoms with Crippen LogP contribution in [-0.2, 0) is 11.3 Å². The Morgan fingerprint density at radius 3 is 2.92 bits per heavy atom. The molecule has 6 nitrogen and oxygen atoms in total. The van der Waals surface area contributed by atoms with Crippen molar-refractivity contribution < 1.29 is 14.3 Å². The summed E-state index contributed by atoms with van der Waals surface area (Å²) in [5.41, 5.74) is 2.00. The van der Waals surface area contributed by atoms with Gasteiger partial charge < -0.3 is 19.4 Å². The van der Waals surface area contributed by atoms with Gasteiger partial charge in [0.15, 0.2) is 11.5 Å². The molecule has 1 aromatic heterocycles. The molecule has 1 atom stereocenters. The molecule has 1 amide bonds. The highest BCUT2D eigenvalue weighted by Gasteiger charge is 2.25. The number of hydrogen-bond donors (Lipinski definition) is 1. The molecule has 0 bridgehead atoms. The fourth-order valence-corrected chi connectivity index (χ4v) is 3.47. The highest BCUT2D eigenvalue weighted by atomic mass is 16.5. The molecule has 0 radical (unpaired) electrons. The van der Waals surface area contributed by atoms with Crippen LogP contribution in [0.25, 0.3) is 0 Å². The molecule has 0 fully saturated rings. The molecular weight excluding hydrogens is 318 g/mol. The summed E-state index contributed by atoms with van der Waals surface area (Å²) in [6.07, 6.45) is 2.96. The van der Waals surface area contributed by atoms with Gasteiger partial charge >= 0.3 is 0 Å². The Balaban J connectivity index is 1.40. The molecule has 6 heteroatoms. The van der Waals surface area contributed by atoms with Gasteiger partial charge in [-0.2, -0.15) is 0 Å². The van der Waals surface area contributed by atoms with E-state index in [-0.39, 0.29) is 11.9 Å². The lowest BCUT2D eigenvalue weighted by Crippen LogP contribution is -2.41. The zero-order valence-electron chi connectivity index (χ0n) is 14.4. The van der Waals surface area contributed by atoms with Crippen molar-refractivity contribution in [2.45, 2.75) is 25.9 Å². The number of fused-ring (bicyclic) bond motifs is 2. The van der Waals surface area contributed by atoms with E-state index in [0.717, 1.165) is 30.9 Å². The van der Waals surface area contributed by atoms with Crippen molar-refractivity contribution in [1.29, 1.82) is 0 Å². The molecular formula is C19H23N3O3. The highest BCUT2D eigenvalue weighted by Crippen LogP contribution is 2.32. The maximum absolute atomic E-state index is 12.5. The molecule has 3 heterocycles. The maximum atomic E-state index is 12.5. The zero-order valence-corrected chi connectivity index (χ0v) is 14.4. The quantitative estimate of drug-likeness (QED) is 0.932. The number of amides is 1. The first-order valence-electron chi connectivity index (χ1n) is 8.79. The van der Waals surface area contributed by atoms with Gasteiger partial charge in [-0.25, -0.2) is 0 Å². The van der Waals surface area contributed by atoms with Gasteiger partial charge in [-0.1, -0.05) is 0 Å². The Labute approximate surface area is 147 Å². The third kappa shape index (κ3) is 3.35. The Hall–Kier alpha value is -2.47. The third-order valence-corrected chi connectivity index (χ3v) is 4.85. The second-order valence-corrected chi connectivity index (χ2v) is 6.53. The van der Waals surface area contributed by atoms with Crippen molar-refractivity contribution in [2.24, 2.45) is 0 Å². The van der Waals surface area contributed by atoms with Crippen molar-refractivity contribution in [1.82, 2.24) is 9.47 Å². The number of carbonyl (C=O) groups is 1. The Morgan fingerprint density at radius 1 is 1.20 bits per heavy atom. The Morgan fingerprint density at radius 2 is 2.04 bits per heavy atom. The summed E-state index contributed by atoms with van der Waals surface area (Å²) in [5.74, 6) is 1.42. The molecule has 4 rings (SSSR count). The summed E-state index contributed by atoms with van der Waals surface area (Å²) in [5, 5.41) is 2.98. The standard InChI is InChI=1S/C19H23N3O3/c1-14-16-4-2-7-21(16)8-9-22(14)13-19(23)20-15-5-6-17-18(12-15)25-11-3-10-24-17/h2,4-7,12,14H,3,8-11,13H2,1H3,(H,20,23)/t14-/m1/s1. The lowest BCUT2D eigenvalue weighted by atomic mass is 10.1. The van der Waals surface area contributed by atoms with Gasteiger partial charge in [0.2, 0.25) is 5.91 Å². The van der Waals surface area contributed by atoms with Gasteiger partial charge in [0.05, 0.1) is 19.8 Å². The van der Waals surface area contributed by atoms with Crippen LogP contribution >= 0.6 is 0 Å². The molecule has 1 N–H and O–H groups in total. The van der Waals surface area contributed by atoms with E-state index in [1.807, 2.05) is 18.2 Å². The molecule has 2 aliphatic heterocycles. The predicted octanol–water partition coefficient (Wildman–Crippen LogP) is 2.66. The van der Waals surface area contributed by atoms with E-state index in [4.69, 9.17) is 9.47 Å². The van der Waals surface area contributed by atoms with Gasteiger partial charge in [0, 0.05) is 49.2 Å². The number of benzene rings is 1. The number of ether oxygens (including phenoxy) is 2. The zero-order chi connectivity index (χ0) is 17.2. The first-order chi connectivity index (χ1) is 12.2. The summed E-state index contributed by atoms with van der Waals surface area (Å²) in [7, 11) is 0. The highest BCUT2D eigenvalue weighted by molar-refractivity contribution is 5.92. The monoisotopic (exact) mass is 341 g/mol. The number of anilines is 1. The molecule has 0 aliphatic carbocycles. The number of nitrogens with one attached hydrogen (secondary N) is 1. The van der Waals surface area contributed by atoms with Crippen LogP contribution < -0.4 is 14.8 Å².